The fourth-order valence-electron chi connectivity index (χ4n) is 2.35. The van der Waals surface area contributed by atoms with Gasteiger partial charge >= 0.3 is 0 Å². The highest BCUT2D eigenvalue weighted by Gasteiger charge is 2.43. The van der Waals surface area contributed by atoms with E-state index in [2.05, 4.69) is 13.8 Å². The number of allylic oxidation sites excluding steroid dienone is 1. The molecule has 0 bridgehead atoms. The van der Waals surface area contributed by atoms with Crippen molar-refractivity contribution in [2.24, 2.45) is 11.3 Å². The van der Waals surface area contributed by atoms with Crippen LogP contribution in [0.5, 0.6) is 0 Å². The zero-order valence-electron chi connectivity index (χ0n) is 11.5. The first-order chi connectivity index (χ1) is 8.77. The summed E-state index contributed by atoms with van der Waals surface area (Å²) in [6.07, 6.45) is 0.779. The molecule has 4 heteroatoms. The molecule has 104 valence electrons. The molecule has 1 saturated carbocycles. The van der Waals surface area contributed by atoms with Crippen LogP contribution in [0, 0.1) is 18.3 Å². The van der Waals surface area contributed by atoms with Crippen LogP contribution >= 0.6 is 11.6 Å². The van der Waals surface area contributed by atoms with Crippen LogP contribution in [0.1, 0.15) is 25.8 Å². The fourth-order valence-corrected chi connectivity index (χ4v) is 4.27. The Morgan fingerprint density at radius 2 is 1.89 bits per heavy atom. The van der Waals surface area contributed by atoms with Gasteiger partial charge in [-0.3, -0.25) is 0 Å². The van der Waals surface area contributed by atoms with E-state index in [1.54, 1.807) is 12.1 Å². The first kappa shape index (κ1) is 14.6. The molecule has 0 heterocycles. The van der Waals surface area contributed by atoms with Crippen LogP contribution in [0.25, 0.3) is 0 Å². The number of benzene rings is 1. The Hall–Kier alpha value is -0.800. The first-order valence-electron chi connectivity index (χ1n) is 6.36. The van der Waals surface area contributed by atoms with E-state index in [4.69, 9.17) is 11.6 Å². The summed E-state index contributed by atoms with van der Waals surface area (Å²) in [5.41, 5.74) is 1.91. The summed E-state index contributed by atoms with van der Waals surface area (Å²) < 4.78 is 24.6. The Morgan fingerprint density at radius 3 is 2.37 bits per heavy atom. The third-order valence-corrected chi connectivity index (χ3v) is 6.04. The van der Waals surface area contributed by atoms with E-state index in [1.165, 1.54) is 5.41 Å². The van der Waals surface area contributed by atoms with Crippen molar-refractivity contribution < 1.29 is 8.42 Å². The largest absolute Gasteiger partial charge is 0.219 e. The van der Waals surface area contributed by atoms with Crippen LogP contribution in [0.15, 0.2) is 40.1 Å². The maximum atomic E-state index is 12.3. The third-order valence-electron chi connectivity index (χ3n) is 4.15. The number of sulfone groups is 1. The van der Waals surface area contributed by atoms with Crippen LogP contribution < -0.4 is 0 Å². The Morgan fingerprint density at radius 1 is 1.32 bits per heavy atom. The van der Waals surface area contributed by atoms with E-state index in [0.717, 1.165) is 17.6 Å². The standard InChI is InChI=1S/C15H19ClO2S/c1-11-4-6-14(7-5-11)19(17,18)10-13-8-12(9-16)15(13,2)3/h4-7,10,12H,8-9H2,1-3H3. The van der Waals surface area contributed by atoms with Gasteiger partial charge in [-0.25, -0.2) is 8.42 Å². The molecule has 0 aliphatic heterocycles. The molecular formula is C15H19ClO2S. The van der Waals surface area contributed by atoms with Crippen LogP contribution in [-0.2, 0) is 9.84 Å². The van der Waals surface area contributed by atoms with Crippen molar-refractivity contribution in [1.29, 1.82) is 0 Å². The molecule has 19 heavy (non-hydrogen) atoms. The summed E-state index contributed by atoms with van der Waals surface area (Å²) in [7, 11) is -3.34. The van der Waals surface area contributed by atoms with Gasteiger partial charge in [-0.2, -0.15) is 0 Å². The normalized spacial score (nSPS) is 24.2. The molecule has 1 aromatic rings. The molecule has 1 aromatic carbocycles. The number of hydrogen-bond acceptors (Lipinski definition) is 2. The highest BCUT2D eigenvalue weighted by atomic mass is 35.5. The molecule has 0 N–H and O–H groups in total. The average molecular weight is 299 g/mol. The lowest BCUT2D eigenvalue weighted by atomic mass is 9.60. The zero-order valence-corrected chi connectivity index (χ0v) is 13.1. The van der Waals surface area contributed by atoms with Crippen LogP contribution in [0.2, 0.25) is 0 Å². The Bertz CT molecular complexity index is 598. The van der Waals surface area contributed by atoms with E-state index in [0.29, 0.717) is 16.7 Å². The van der Waals surface area contributed by atoms with Crippen LogP contribution in [0.3, 0.4) is 0 Å². The van der Waals surface area contributed by atoms with Gasteiger partial charge in [-0.15, -0.1) is 11.6 Å². The fraction of sp³-hybridized carbons (Fsp3) is 0.467. The number of halogens is 1. The second-order valence-electron chi connectivity index (χ2n) is 5.78. The minimum Gasteiger partial charge on any atom is -0.219 e. The van der Waals surface area contributed by atoms with Crippen molar-refractivity contribution in [2.45, 2.75) is 32.1 Å². The molecule has 0 saturated heterocycles. The van der Waals surface area contributed by atoms with E-state index in [9.17, 15) is 8.42 Å². The molecule has 0 radical (unpaired) electrons. The highest BCUT2D eigenvalue weighted by Crippen LogP contribution is 2.51. The van der Waals surface area contributed by atoms with Crippen LogP contribution in [0.4, 0.5) is 0 Å². The van der Waals surface area contributed by atoms with E-state index >= 15 is 0 Å². The molecule has 2 rings (SSSR count). The highest BCUT2D eigenvalue weighted by molar-refractivity contribution is 7.94. The zero-order chi connectivity index (χ0) is 14.3. The average Bonchev–Trinajstić information content (AvgIpc) is 2.34. The van der Waals surface area contributed by atoms with Crippen LogP contribution in [-0.4, -0.2) is 14.3 Å². The number of alkyl halides is 1. The summed E-state index contributed by atoms with van der Waals surface area (Å²) in [4.78, 5) is 0.357. The molecular weight excluding hydrogens is 280 g/mol. The first-order valence-corrected chi connectivity index (χ1v) is 8.44. The molecule has 2 nitrogen and oxygen atoms in total. The Labute approximate surface area is 120 Å². The number of rotatable bonds is 3. The molecule has 1 fully saturated rings. The van der Waals surface area contributed by atoms with Crippen molar-refractivity contribution >= 4 is 21.4 Å². The number of hydrogen-bond donors (Lipinski definition) is 0. The Balaban J connectivity index is 2.31. The summed E-state index contributed by atoms with van der Waals surface area (Å²) in [5, 5.41) is 1.43. The predicted octanol–water partition coefficient (Wildman–Crippen LogP) is 3.94. The van der Waals surface area contributed by atoms with Crippen molar-refractivity contribution in [2.75, 3.05) is 5.88 Å². The van der Waals surface area contributed by atoms with Crippen molar-refractivity contribution in [1.82, 2.24) is 0 Å². The maximum Gasteiger partial charge on any atom is 0.199 e. The summed E-state index contributed by atoms with van der Waals surface area (Å²) in [6.45, 7) is 6.05. The third kappa shape index (κ3) is 2.72. The van der Waals surface area contributed by atoms with E-state index in [-0.39, 0.29) is 5.41 Å². The monoisotopic (exact) mass is 298 g/mol. The molecule has 1 unspecified atom stereocenters. The van der Waals surface area contributed by atoms with Gasteiger partial charge in [0.25, 0.3) is 0 Å². The van der Waals surface area contributed by atoms with Gasteiger partial charge < -0.3 is 0 Å². The molecule has 1 atom stereocenters. The van der Waals surface area contributed by atoms with Crippen molar-refractivity contribution in [3.8, 4) is 0 Å². The topological polar surface area (TPSA) is 34.1 Å². The minimum absolute atomic E-state index is 0.112. The van der Waals surface area contributed by atoms with Crippen molar-refractivity contribution in [3.05, 3.63) is 40.8 Å². The maximum absolute atomic E-state index is 12.3. The van der Waals surface area contributed by atoms with E-state index < -0.39 is 9.84 Å². The molecule has 1 aliphatic carbocycles. The van der Waals surface area contributed by atoms with Crippen molar-refractivity contribution in [3.63, 3.8) is 0 Å². The smallest absolute Gasteiger partial charge is 0.199 e. The lowest BCUT2D eigenvalue weighted by Crippen LogP contribution is -2.39. The van der Waals surface area contributed by atoms with Gasteiger partial charge in [0.2, 0.25) is 0 Å². The summed E-state index contributed by atoms with van der Waals surface area (Å²) >= 11 is 5.88. The molecule has 0 spiro atoms. The SMILES string of the molecule is Cc1ccc(S(=O)(=O)C=C2CC(CCl)C2(C)C)cc1. The molecule has 1 aliphatic rings. The lowest BCUT2D eigenvalue weighted by Gasteiger charge is -2.46. The second-order valence-corrected chi connectivity index (χ2v) is 7.88. The molecule has 0 amide bonds. The number of aryl methyl sites for hydroxylation is 1. The van der Waals surface area contributed by atoms with Gasteiger partial charge in [-0.1, -0.05) is 37.1 Å². The molecule has 0 aromatic heterocycles. The lowest BCUT2D eigenvalue weighted by molar-refractivity contribution is 0.191. The van der Waals surface area contributed by atoms with E-state index in [1.807, 2.05) is 19.1 Å². The minimum atomic E-state index is -3.34. The second kappa shape index (κ2) is 4.95. The predicted molar refractivity (Wildman–Crippen MR) is 79.1 cm³/mol. The van der Waals surface area contributed by atoms with Gasteiger partial charge in [0.05, 0.1) is 4.90 Å². The van der Waals surface area contributed by atoms with Gasteiger partial charge in [0.15, 0.2) is 9.84 Å². The summed E-state index contributed by atoms with van der Waals surface area (Å²) in [5.74, 6) is 0.947. The quantitative estimate of drug-likeness (QED) is 0.792. The van der Waals surface area contributed by atoms with Gasteiger partial charge in [-0.05, 0) is 36.8 Å². The Kier molecular flexibility index (Phi) is 3.80. The summed E-state index contributed by atoms with van der Waals surface area (Å²) in [6, 6.07) is 6.95. The van der Waals surface area contributed by atoms with Gasteiger partial charge in [0.1, 0.15) is 0 Å². The van der Waals surface area contributed by atoms with Gasteiger partial charge in [0, 0.05) is 11.3 Å².